The Morgan fingerprint density at radius 1 is 0.917 bits per heavy atom. The largest absolute Gasteiger partial charge is 0.338 e. The van der Waals surface area contributed by atoms with Crippen molar-refractivity contribution in [3.8, 4) is 0 Å². The van der Waals surface area contributed by atoms with E-state index >= 15 is 0 Å². The van der Waals surface area contributed by atoms with E-state index < -0.39 is 6.04 Å². The van der Waals surface area contributed by atoms with Crippen molar-refractivity contribution in [1.82, 2.24) is 20.0 Å². The molecule has 7 nitrogen and oxygen atoms in total. The lowest BCUT2D eigenvalue weighted by molar-refractivity contribution is -0.135. The molecule has 1 atom stereocenters. The van der Waals surface area contributed by atoms with Gasteiger partial charge in [-0.05, 0) is 24.1 Å². The number of likely N-dealkylation sites (N-methyl/N-ethyl adjacent to an activating group) is 1. The van der Waals surface area contributed by atoms with E-state index in [1.165, 1.54) is 18.7 Å². The number of urea groups is 1. The molecule has 2 aromatic carbocycles. The fourth-order valence-corrected chi connectivity index (χ4v) is 4.92. The Bertz CT molecular complexity index is 965. The average Bonchev–Trinajstić information content (AvgIpc) is 2.90. The Morgan fingerprint density at radius 2 is 1.53 bits per heavy atom. The first-order valence-corrected chi connectivity index (χ1v) is 13.7. The summed E-state index contributed by atoms with van der Waals surface area (Å²) in [4.78, 5) is 44.4. The number of nitrogens with zero attached hydrogens (tertiary/aromatic N) is 3. The second kappa shape index (κ2) is 14.7. The standard InChI is InChI=1S/C28H38N4O3S/c1-3-30-16-18-31(19-17-30)27(34)26(22-25-12-8-5-9-13-25)29-28(35)32(20-21-36-23(2)33)15-14-24-10-6-4-7-11-24/h4-13,26H,3,14-22H2,1-2H3,(H,29,35). The number of amides is 3. The molecular formula is C28H38N4O3S. The van der Waals surface area contributed by atoms with Crippen LogP contribution < -0.4 is 5.32 Å². The van der Waals surface area contributed by atoms with E-state index in [4.69, 9.17) is 0 Å². The highest BCUT2D eigenvalue weighted by Crippen LogP contribution is 2.11. The fourth-order valence-electron chi connectivity index (χ4n) is 4.32. The van der Waals surface area contributed by atoms with E-state index in [2.05, 4.69) is 17.1 Å². The highest BCUT2D eigenvalue weighted by molar-refractivity contribution is 8.13. The highest BCUT2D eigenvalue weighted by atomic mass is 32.2. The molecule has 3 amide bonds. The summed E-state index contributed by atoms with van der Waals surface area (Å²) in [5, 5.41) is 3.08. The number of hydrogen-bond donors (Lipinski definition) is 1. The molecule has 1 N–H and O–H groups in total. The van der Waals surface area contributed by atoms with Crippen LogP contribution in [0.3, 0.4) is 0 Å². The molecule has 0 spiro atoms. The van der Waals surface area contributed by atoms with Crippen LogP contribution >= 0.6 is 11.8 Å². The maximum absolute atomic E-state index is 13.6. The first-order valence-electron chi connectivity index (χ1n) is 12.7. The van der Waals surface area contributed by atoms with E-state index in [9.17, 15) is 14.4 Å². The fraction of sp³-hybridized carbons (Fsp3) is 0.464. The second-order valence-corrected chi connectivity index (χ2v) is 10.3. The number of rotatable bonds is 11. The van der Waals surface area contributed by atoms with E-state index in [0.29, 0.717) is 44.8 Å². The monoisotopic (exact) mass is 510 g/mol. The van der Waals surface area contributed by atoms with Gasteiger partial charge in [0.1, 0.15) is 6.04 Å². The molecular weight excluding hydrogens is 472 g/mol. The van der Waals surface area contributed by atoms with Crippen molar-refractivity contribution < 1.29 is 14.4 Å². The van der Waals surface area contributed by atoms with E-state index in [1.54, 1.807) is 4.90 Å². The summed E-state index contributed by atoms with van der Waals surface area (Å²) < 4.78 is 0. The van der Waals surface area contributed by atoms with Gasteiger partial charge in [-0.25, -0.2) is 4.79 Å². The Morgan fingerprint density at radius 3 is 2.11 bits per heavy atom. The third kappa shape index (κ3) is 8.99. The molecule has 0 saturated carbocycles. The molecule has 1 unspecified atom stereocenters. The molecule has 1 aliphatic heterocycles. The van der Waals surface area contributed by atoms with Crippen molar-refractivity contribution in [2.75, 3.05) is 51.6 Å². The van der Waals surface area contributed by atoms with Gasteiger partial charge in [0.05, 0.1) is 0 Å². The van der Waals surface area contributed by atoms with Gasteiger partial charge in [0.2, 0.25) is 5.91 Å². The molecule has 36 heavy (non-hydrogen) atoms. The van der Waals surface area contributed by atoms with Crippen molar-refractivity contribution in [1.29, 1.82) is 0 Å². The van der Waals surface area contributed by atoms with Crippen LogP contribution in [0.2, 0.25) is 0 Å². The molecule has 0 aromatic heterocycles. The van der Waals surface area contributed by atoms with Gasteiger partial charge in [-0.3, -0.25) is 9.59 Å². The van der Waals surface area contributed by atoms with Crippen molar-refractivity contribution in [2.24, 2.45) is 0 Å². The maximum Gasteiger partial charge on any atom is 0.318 e. The lowest BCUT2D eigenvalue weighted by Gasteiger charge is -2.36. The predicted molar refractivity (Wildman–Crippen MR) is 146 cm³/mol. The summed E-state index contributed by atoms with van der Waals surface area (Å²) in [6, 6.07) is 18.9. The van der Waals surface area contributed by atoms with E-state index in [1.807, 2.05) is 65.6 Å². The zero-order chi connectivity index (χ0) is 25.8. The molecule has 0 bridgehead atoms. The summed E-state index contributed by atoms with van der Waals surface area (Å²) in [6.45, 7) is 8.61. The lowest BCUT2D eigenvalue weighted by Crippen LogP contribution is -2.57. The molecule has 2 aromatic rings. The summed E-state index contributed by atoms with van der Waals surface area (Å²) in [7, 11) is 0. The first-order chi connectivity index (χ1) is 17.5. The van der Waals surface area contributed by atoms with Crippen LogP contribution in [0, 0.1) is 0 Å². The SMILES string of the molecule is CCN1CCN(C(=O)C(Cc2ccccc2)NC(=O)N(CCSC(C)=O)CCc2ccccc2)CC1. The van der Waals surface area contributed by atoms with E-state index in [0.717, 1.165) is 30.8 Å². The van der Waals surface area contributed by atoms with Crippen LogP contribution in [0.15, 0.2) is 60.7 Å². The second-order valence-electron chi connectivity index (χ2n) is 9.01. The topological polar surface area (TPSA) is 73.0 Å². The Kier molecular flexibility index (Phi) is 11.3. The van der Waals surface area contributed by atoms with Crippen LogP contribution in [0.25, 0.3) is 0 Å². The normalized spacial score (nSPS) is 14.8. The van der Waals surface area contributed by atoms with Crippen LogP contribution in [-0.2, 0) is 22.4 Å². The molecule has 1 fully saturated rings. The molecule has 8 heteroatoms. The predicted octanol–water partition coefficient (Wildman–Crippen LogP) is 3.30. The number of benzene rings is 2. The van der Waals surface area contributed by atoms with E-state index in [-0.39, 0.29) is 17.1 Å². The number of hydrogen-bond acceptors (Lipinski definition) is 5. The Hall–Kier alpha value is -2.84. The van der Waals surface area contributed by atoms with Crippen LogP contribution in [0.5, 0.6) is 0 Å². The molecule has 0 aliphatic carbocycles. The third-order valence-corrected chi connectivity index (χ3v) is 7.27. The number of thioether (sulfide) groups is 1. The molecule has 1 aliphatic rings. The highest BCUT2D eigenvalue weighted by Gasteiger charge is 2.30. The Balaban J connectivity index is 1.71. The smallest absolute Gasteiger partial charge is 0.318 e. The maximum atomic E-state index is 13.6. The summed E-state index contributed by atoms with van der Waals surface area (Å²) >= 11 is 1.21. The van der Waals surface area contributed by atoms with Gasteiger partial charge in [0.15, 0.2) is 5.12 Å². The van der Waals surface area contributed by atoms with Crippen molar-refractivity contribution in [3.05, 3.63) is 71.8 Å². The number of nitrogens with one attached hydrogen (secondary N) is 1. The Labute approximate surface area is 219 Å². The first kappa shape index (κ1) is 27.7. The minimum Gasteiger partial charge on any atom is -0.338 e. The average molecular weight is 511 g/mol. The summed E-state index contributed by atoms with van der Waals surface area (Å²) in [6.07, 6.45) is 1.14. The number of carbonyl (C=O) groups is 3. The molecule has 1 saturated heterocycles. The quantitative estimate of drug-likeness (QED) is 0.502. The minimum absolute atomic E-state index is 0.0294. The van der Waals surface area contributed by atoms with Crippen molar-refractivity contribution in [3.63, 3.8) is 0 Å². The molecule has 0 radical (unpaired) electrons. The molecule has 1 heterocycles. The van der Waals surface area contributed by atoms with Gasteiger partial charge in [-0.2, -0.15) is 0 Å². The van der Waals surface area contributed by atoms with Gasteiger partial charge in [-0.15, -0.1) is 0 Å². The summed E-state index contributed by atoms with van der Waals surface area (Å²) in [5.41, 5.74) is 2.14. The van der Waals surface area contributed by atoms with Gasteiger partial charge in [0, 0.05) is 58.4 Å². The zero-order valence-electron chi connectivity index (χ0n) is 21.4. The minimum atomic E-state index is -0.646. The molecule has 3 rings (SSSR count). The van der Waals surface area contributed by atoms with Crippen LogP contribution in [-0.4, -0.2) is 89.4 Å². The van der Waals surface area contributed by atoms with Gasteiger partial charge in [0.25, 0.3) is 0 Å². The zero-order valence-corrected chi connectivity index (χ0v) is 22.2. The van der Waals surface area contributed by atoms with Gasteiger partial charge >= 0.3 is 6.03 Å². The van der Waals surface area contributed by atoms with Crippen LogP contribution in [0.1, 0.15) is 25.0 Å². The van der Waals surface area contributed by atoms with Crippen molar-refractivity contribution >= 4 is 28.8 Å². The van der Waals surface area contributed by atoms with Crippen molar-refractivity contribution in [2.45, 2.75) is 32.7 Å². The summed E-state index contributed by atoms with van der Waals surface area (Å²) in [5.74, 6) is 0.484. The lowest BCUT2D eigenvalue weighted by atomic mass is 10.0. The number of piperazine rings is 1. The number of carbonyl (C=O) groups excluding carboxylic acids is 3. The van der Waals surface area contributed by atoms with Crippen LogP contribution in [0.4, 0.5) is 4.79 Å². The third-order valence-electron chi connectivity index (χ3n) is 6.48. The molecule has 194 valence electrons. The van der Waals surface area contributed by atoms with Gasteiger partial charge < -0.3 is 20.0 Å². The van der Waals surface area contributed by atoms with Gasteiger partial charge in [-0.1, -0.05) is 79.3 Å².